The van der Waals surface area contributed by atoms with Crippen LogP contribution < -0.4 is 5.32 Å². The van der Waals surface area contributed by atoms with Crippen LogP contribution in [0.2, 0.25) is 0 Å². The van der Waals surface area contributed by atoms with Gasteiger partial charge in [-0.2, -0.15) is 13.2 Å². The Kier molecular flexibility index (Phi) is 8.21. The van der Waals surface area contributed by atoms with Crippen molar-refractivity contribution >= 4 is 24.2 Å². The van der Waals surface area contributed by atoms with Crippen LogP contribution >= 0.6 is 24.2 Å². The lowest BCUT2D eigenvalue weighted by Gasteiger charge is -2.36. The van der Waals surface area contributed by atoms with Gasteiger partial charge >= 0.3 is 5.51 Å². The molecule has 132 valence electrons. The van der Waals surface area contributed by atoms with E-state index in [0.717, 1.165) is 38.2 Å². The predicted octanol–water partition coefficient (Wildman–Crippen LogP) is 4.71. The van der Waals surface area contributed by atoms with Crippen molar-refractivity contribution in [1.29, 1.82) is 0 Å². The van der Waals surface area contributed by atoms with E-state index in [2.05, 4.69) is 24.1 Å². The zero-order chi connectivity index (χ0) is 16.2. The van der Waals surface area contributed by atoms with Crippen molar-refractivity contribution in [3.05, 3.63) is 29.8 Å². The summed E-state index contributed by atoms with van der Waals surface area (Å²) in [6.07, 6.45) is 1.02. The molecule has 0 spiro atoms. The Bertz CT molecular complexity index is 459. The molecule has 1 aromatic rings. The first kappa shape index (κ1) is 20.6. The first-order chi connectivity index (χ1) is 10.3. The Morgan fingerprint density at radius 3 is 2.17 bits per heavy atom. The number of nitrogens with zero attached hydrogens (tertiary/aromatic N) is 1. The first-order valence-corrected chi connectivity index (χ1v) is 8.47. The molecule has 1 aliphatic heterocycles. The minimum absolute atomic E-state index is 0. The third-order valence-corrected chi connectivity index (χ3v) is 4.52. The van der Waals surface area contributed by atoms with Crippen LogP contribution in [0.15, 0.2) is 29.2 Å². The number of halogens is 4. The standard InChI is InChI=1S/C16H23F3N2S.ClH/c1-12(2)11-15(21-9-7-20-8-10-21)13-3-5-14(6-4-13)22-16(17,18)19;/h3-6,12,15,20H,7-11H2,1-2H3;1H/t15-;/m0./s1. The molecule has 23 heavy (non-hydrogen) atoms. The van der Waals surface area contributed by atoms with Crippen LogP contribution in [0.25, 0.3) is 0 Å². The summed E-state index contributed by atoms with van der Waals surface area (Å²) >= 11 is -0.0530. The Morgan fingerprint density at radius 1 is 1.13 bits per heavy atom. The lowest BCUT2D eigenvalue weighted by Crippen LogP contribution is -2.45. The number of piperazine rings is 1. The van der Waals surface area contributed by atoms with Gasteiger partial charge in [-0.3, -0.25) is 4.90 Å². The summed E-state index contributed by atoms with van der Waals surface area (Å²) in [6.45, 7) is 8.27. The SMILES string of the molecule is CC(C)C[C@@H](c1ccc(SC(F)(F)F)cc1)N1CCNCC1.Cl. The topological polar surface area (TPSA) is 15.3 Å². The minimum atomic E-state index is -4.22. The van der Waals surface area contributed by atoms with Crippen molar-refractivity contribution in [2.24, 2.45) is 5.92 Å². The van der Waals surface area contributed by atoms with Gasteiger partial charge in [-0.05, 0) is 41.8 Å². The molecular weight excluding hydrogens is 345 g/mol. The van der Waals surface area contributed by atoms with Crippen molar-refractivity contribution in [3.63, 3.8) is 0 Å². The third kappa shape index (κ3) is 6.91. The van der Waals surface area contributed by atoms with E-state index in [0.29, 0.717) is 5.92 Å². The van der Waals surface area contributed by atoms with Gasteiger partial charge < -0.3 is 5.32 Å². The smallest absolute Gasteiger partial charge is 0.314 e. The highest BCUT2D eigenvalue weighted by atomic mass is 35.5. The number of hydrogen-bond acceptors (Lipinski definition) is 3. The molecule has 0 bridgehead atoms. The van der Waals surface area contributed by atoms with Crippen molar-refractivity contribution in [3.8, 4) is 0 Å². The van der Waals surface area contributed by atoms with Crippen LogP contribution in [-0.4, -0.2) is 36.6 Å². The zero-order valence-corrected chi connectivity index (χ0v) is 15.0. The summed E-state index contributed by atoms with van der Waals surface area (Å²) in [5.41, 5.74) is -3.11. The zero-order valence-electron chi connectivity index (χ0n) is 13.4. The van der Waals surface area contributed by atoms with Crippen LogP contribution in [0.1, 0.15) is 31.9 Å². The van der Waals surface area contributed by atoms with Gasteiger partial charge in [-0.25, -0.2) is 0 Å². The van der Waals surface area contributed by atoms with Gasteiger partial charge in [-0.15, -0.1) is 12.4 Å². The molecule has 1 heterocycles. The second-order valence-corrected chi connectivity index (χ2v) is 7.19. The first-order valence-electron chi connectivity index (χ1n) is 7.65. The van der Waals surface area contributed by atoms with E-state index in [1.807, 2.05) is 12.1 Å². The average molecular weight is 369 g/mol. The summed E-state index contributed by atoms with van der Waals surface area (Å²) in [4.78, 5) is 2.68. The normalized spacial score (nSPS) is 17.8. The van der Waals surface area contributed by atoms with Crippen molar-refractivity contribution in [1.82, 2.24) is 10.2 Å². The molecule has 0 aliphatic carbocycles. The molecular formula is C16H24ClF3N2S. The van der Waals surface area contributed by atoms with Gasteiger partial charge in [0.25, 0.3) is 0 Å². The summed E-state index contributed by atoms with van der Waals surface area (Å²) in [5, 5.41) is 3.34. The number of nitrogens with one attached hydrogen (secondary N) is 1. The maximum absolute atomic E-state index is 12.4. The van der Waals surface area contributed by atoms with E-state index in [1.54, 1.807) is 12.1 Å². The molecule has 0 unspecified atom stereocenters. The second kappa shape index (κ2) is 9.16. The predicted molar refractivity (Wildman–Crippen MR) is 92.2 cm³/mol. The third-order valence-electron chi connectivity index (χ3n) is 3.79. The van der Waals surface area contributed by atoms with Gasteiger partial charge in [0, 0.05) is 37.1 Å². The Morgan fingerprint density at radius 2 is 1.70 bits per heavy atom. The Labute approximate surface area is 146 Å². The number of benzene rings is 1. The van der Waals surface area contributed by atoms with E-state index in [1.165, 1.54) is 0 Å². The Balaban J connectivity index is 0.00000264. The number of rotatable bonds is 5. The molecule has 1 N–H and O–H groups in total. The summed E-state index contributed by atoms with van der Waals surface area (Å²) in [7, 11) is 0. The lowest BCUT2D eigenvalue weighted by atomic mass is 9.95. The van der Waals surface area contributed by atoms with E-state index in [9.17, 15) is 13.2 Å². The molecule has 2 nitrogen and oxygen atoms in total. The minimum Gasteiger partial charge on any atom is -0.314 e. The molecule has 1 atom stereocenters. The molecule has 1 aliphatic rings. The van der Waals surface area contributed by atoms with Crippen LogP contribution in [0.3, 0.4) is 0 Å². The largest absolute Gasteiger partial charge is 0.446 e. The monoisotopic (exact) mass is 368 g/mol. The quantitative estimate of drug-likeness (QED) is 0.757. The highest BCUT2D eigenvalue weighted by Crippen LogP contribution is 2.37. The van der Waals surface area contributed by atoms with Gasteiger partial charge in [0.2, 0.25) is 0 Å². The van der Waals surface area contributed by atoms with Crippen molar-refractivity contribution in [2.75, 3.05) is 26.2 Å². The van der Waals surface area contributed by atoms with E-state index >= 15 is 0 Å². The number of hydrogen-bond donors (Lipinski definition) is 1. The molecule has 7 heteroatoms. The van der Waals surface area contributed by atoms with Crippen LogP contribution in [0.4, 0.5) is 13.2 Å². The molecule has 0 aromatic heterocycles. The number of thioether (sulfide) groups is 1. The van der Waals surface area contributed by atoms with Crippen LogP contribution in [0.5, 0.6) is 0 Å². The fourth-order valence-corrected chi connectivity index (χ4v) is 3.37. The van der Waals surface area contributed by atoms with Gasteiger partial charge in [-0.1, -0.05) is 26.0 Å². The van der Waals surface area contributed by atoms with E-state index in [4.69, 9.17) is 0 Å². The number of alkyl halides is 3. The lowest BCUT2D eigenvalue weighted by molar-refractivity contribution is -0.0328. The molecule has 1 saturated heterocycles. The molecule has 0 saturated carbocycles. The van der Waals surface area contributed by atoms with Gasteiger partial charge in [0.1, 0.15) is 0 Å². The average Bonchev–Trinajstić information content (AvgIpc) is 2.45. The summed E-state index contributed by atoms with van der Waals surface area (Å²) in [6, 6.07) is 7.16. The fraction of sp³-hybridized carbons (Fsp3) is 0.625. The van der Waals surface area contributed by atoms with Gasteiger partial charge in [0.15, 0.2) is 0 Å². The fourth-order valence-electron chi connectivity index (χ4n) is 2.83. The molecule has 0 amide bonds. The molecule has 1 fully saturated rings. The Hall–Kier alpha value is -0.430. The summed E-state index contributed by atoms with van der Waals surface area (Å²) < 4.78 is 37.2. The highest BCUT2D eigenvalue weighted by molar-refractivity contribution is 8.00. The maximum Gasteiger partial charge on any atom is 0.446 e. The summed E-state index contributed by atoms with van der Waals surface area (Å²) in [5.74, 6) is 0.545. The molecule has 0 radical (unpaired) electrons. The molecule has 2 rings (SSSR count). The highest BCUT2D eigenvalue weighted by Gasteiger charge is 2.29. The van der Waals surface area contributed by atoms with Crippen LogP contribution in [0, 0.1) is 5.92 Å². The van der Waals surface area contributed by atoms with Crippen LogP contribution in [-0.2, 0) is 0 Å². The van der Waals surface area contributed by atoms with Crippen molar-refractivity contribution in [2.45, 2.75) is 36.7 Å². The van der Waals surface area contributed by atoms with Crippen molar-refractivity contribution < 1.29 is 13.2 Å². The molecule has 1 aromatic carbocycles. The van der Waals surface area contributed by atoms with E-state index in [-0.39, 0.29) is 35.1 Å². The second-order valence-electron chi connectivity index (χ2n) is 6.05. The van der Waals surface area contributed by atoms with E-state index < -0.39 is 5.51 Å². The maximum atomic E-state index is 12.4. The van der Waals surface area contributed by atoms with Gasteiger partial charge in [0.05, 0.1) is 0 Å².